The summed E-state index contributed by atoms with van der Waals surface area (Å²) in [5.74, 6) is 1.56. The number of hydrogen-bond acceptors (Lipinski definition) is 2. The summed E-state index contributed by atoms with van der Waals surface area (Å²) in [5.41, 5.74) is 5.37. The fraction of sp³-hybridized carbons (Fsp3) is 0. The smallest absolute Gasteiger partial charge is 0.129 e. The number of ether oxygens (including phenoxy) is 1. The molecule has 6 aromatic rings. The monoisotopic (exact) mass is 401 g/mol. The Morgan fingerprint density at radius 2 is 1.45 bits per heavy atom. The van der Waals surface area contributed by atoms with Gasteiger partial charge in [0.25, 0.3) is 0 Å². The first-order valence-electron chi connectivity index (χ1n) is 10.2. The number of nitrogens with one attached hydrogen (secondary N) is 1. The van der Waals surface area contributed by atoms with Crippen molar-refractivity contribution in [3.8, 4) is 28.3 Å². The van der Waals surface area contributed by atoms with Gasteiger partial charge in [-0.2, -0.15) is 5.10 Å². The van der Waals surface area contributed by atoms with Gasteiger partial charge in [0.05, 0.1) is 17.4 Å². The highest BCUT2D eigenvalue weighted by Crippen LogP contribution is 2.31. The highest BCUT2D eigenvalue weighted by atomic mass is 16.5. The van der Waals surface area contributed by atoms with E-state index in [1.165, 1.54) is 10.8 Å². The molecule has 0 saturated carbocycles. The standard InChI is InChI=1S/C27H19N3O/c1-2-7-19(8-3-1)20-17-28-30(18-20)21-9-6-10-22(15-21)31-23-13-14-25-24-11-4-5-12-26(24)29-27(25)16-23/h1-18,29H. The molecule has 2 heterocycles. The molecule has 6 rings (SSSR count). The second-order valence-corrected chi connectivity index (χ2v) is 7.52. The van der Waals surface area contributed by atoms with Crippen LogP contribution in [0, 0.1) is 0 Å². The van der Waals surface area contributed by atoms with Crippen molar-refractivity contribution in [2.45, 2.75) is 0 Å². The minimum atomic E-state index is 0.768. The molecule has 4 aromatic carbocycles. The van der Waals surface area contributed by atoms with Gasteiger partial charge in [0, 0.05) is 40.2 Å². The zero-order chi connectivity index (χ0) is 20.6. The maximum absolute atomic E-state index is 6.17. The molecule has 0 aliphatic heterocycles. The lowest BCUT2D eigenvalue weighted by Crippen LogP contribution is -1.94. The van der Waals surface area contributed by atoms with Gasteiger partial charge in [0.2, 0.25) is 0 Å². The lowest BCUT2D eigenvalue weighted by atomic mass is 10.1. The number of para-hydroxylation sites is 1. The SMILES string of the molecule is c1ccc(-c2cnn(-c3cccc(Oc4ccc5c(c4)[nH]c4ccccc45)c3)c2)cc1. The normalized spacial score (nSPS) is 11.2. The van der Waals surface area contributed by atoms with Crippen LogP contribution in [0.4, 0.5) is 0 Å². The summed E-state index contributed by atoms with van der Waals surface area (Å²) in [4.78, 5) is 3.47. The van der Waals surface area contributed by atoms with E-state index in [9.17, 15) is 0 Å². The Balaban J connectivity index is 1.30. The van der Waals surface area contributed by atoms with Crippen LogP contribution >= 0.6 is 0 Å². The molecule has 1 N–H and O–H groups in total. The zero-order valence-electron chi connectivity index (χ0n) is 16.7. The van der Waals surface area contributed by atoms with Crippen LogP contribution in [0.5, 0.6) is 11.5 Å². The molecule has 0 aliphatic carbocycles. The first kappa shape index (κ1) is 17.5. The second-order valence-electron chi connectivity index (χ2n) is 7.52. The van der Waals surface area contributed by atoms with Gasteiger partial charge in [-0.25, -0.2) is 4.68 Å². The number of H-pyrrole nitrogens is 1. The van der Waals surface area contributed by atoms with Crippen LogP contribution in [0.1, 0.15) is 0 Å². The minimum Gasteiger partial charge on any atom is -0.457 e. The highest BCUT2D eigenvalue weighted by molar-refractivity contribution is 6.07. The van der Waals surface area contributed by atoms with Crippen molar-refractivity contribution in [2.24, 2.45) is 0 Å². The van der Waals surface area contributed by atoms with E-state index in [2.05, 4.69) is 46.5 Å². The maximum atomic E-state index is 6.17. The molecule has 148 valence electrons. The fourth-order valence-corrected chi connectivity index (χ4v) is 3.97. The van der Waals surface area contributed by atoms with E-state index < -0.39 is 0 Å². The van der Waals surface area contributed by atoms with E-state index in [1.807, 2.05) is 77.7 Å². The maximum Gasteiger partial charge on any atom is 0.129 e. The predicted molar refractivity (Wildman–Crippen MR) is 125 cm³/mol. The Bertz CT molecular complexity index is 1510. The van der Waals surface area contributed by atoms with Crippen molar-refractivity contribution in [2.75, 3.05) is 0 Å². The highest BCUT2D eigenvalue weighted by Gasteiger charge is 2.07. The summed E-state index contributed by atoms with van der Waals surface area (Å²) in [6, 6.07) is 32.7. The number of rotatable bonds is 4. The van der Waals surface area contributed by atoms with Crippen molar-refractivity contribution in [3.63, 3.8) is 0 Å². The minimum absolute atomic E-state index is 0.768. The molecular weight excluding hydrogens is 382 g/mol. The van der Waals surface area contributed by atoms with Crippen LogP contribution in [0.3, 0.4) is 0 Å². The zero-order valence-corrected chi connectivity index (χ0v) is 16.7. The Morgan fingerprint density at radius 3 is 2.39 bits per heavy atom. The van der Waals surface area contributed by atoms with E-state index in [4.69, 9.17) is 4.74 Å². The number of fused-ring (bicyclic) bond motifs is 3. The molecule has 0 unspecified atom stereocenters. The number of nitrogens with zero attached hydrogens (tertiary/aromatic N) is 2. The fourth-order valence-electron chi connectivity index (χ4n) is 3.97. The van der Waals surface area contributed by atoms with E-state index in [0.29, 0.717) is 0 Å². The van der Waals surface area contributed by atoms with Crippen LogP contribution in [-0.4, -0.2) is 14.8 Å². The van der Waals surface area contributed by atoms with Crippen molar-refractivity contribution in [3.05, 3.63) is 109 Å². The van der Waals surface area contributed by atoms with Crippen LogP contribution in [-0.2, 0) is 0 Å². The molecule has 0 bridgehead atoms. The van der Waals surface area contributed by atoms with E-state index in [-0.39, 0.29) is 0 Å². The van der Waals surface area contributed by atoms with E-state index >= 15 is 0 Å². The van der Waals surface area contributed by atoms with Crippen molar-refractivity contribution >= 4 is 21.8 Å². The molecule has 0 fully saturated rings. The number of aromatic amines is 1. The summed E-state index contributed by atoms with van der Waals surface area (Å²) in [6.07, 6.45) is 3.91. The van der Waals surface area contributed by atoms with Crippen LogP contribution in [0.15, 0.2) is 109 Å². The van der Waals surface area contributed by atoms with Gasteiger partial charge in [-0.15, -0.1) is 0 Å². The Kier molecular flexibility index (Phi) is 4.06. The summed E-state index contributed by atoms with van der Waals surface area (Å²) in [5, 5.41) is 6.95. The van der Waals surface area contributed by atoms with Gasteiger partial charge in [-0.05, 0) is 35.9 Å². The third-order valence-electron chi connectivity index (χ3n) is 5.49. The number of aromatic nitrogens is 3. The topological polar surface area (TPSA) is 42.8 Å². The third kappa shape index (κ3) is 3.24. The Hall–Kier alpha value is -4.31. The van der Waals surface area contributed by atoms with Gasteiger partial charge in [-0.3, -0.25) is 0 Å². The lowest BCUT2D eigenvalue weighted by molar-refractivity contribution is 0.483. The van der Waals surface area contributed by atoms with Crippen LogP contribution < -0.4 is 4.74 Å². The molecule has 31 heavy (non-hydrogen) atoms. The molecule has 0 spiro atoms. The van der Waals surface area contributed by atoms with Gasteiger partial charge in [0.15, 0.2) is 0 Å². The number of hydrogen-bond donors (Lipinski definition) is 1. The first-order valence-corrected chi connectivity index (χ1v) is 10.2. The van der Waals surface area contributed by atoms with Crippen molar-refractivity contribution < 1.29 is 4.74 Å². The largest absolute Gasteiger partial charge is 0.457 e. The molecule has 0 radical (unpaired) electrons. The molecule has 0 atom stereocenters. The van der Waals surface area contributed by atoms with E-state index in [1.54, 1.807) is 0 Å². The summed E-state index contributed by atoms with van der Waals surface area (Å²) in [6.45, 7) is 0. The third-order valence-corrected chi connectivity index (χ3v) is 5.49. The summed E-state index contributed by atoms with van der Waals surface area (Å²) < 4.78 is 8.05. The molecule has 0 aliphatic rings. The van der Waals surface area contributed by atoms with E-state index in [0.717, 1.165) is 39.3 Å². The van der Waals surface area contributed by atoms with Gasteiger partial charge >= 0.3 is 0 Å². The lowest BCUT2D eigenvalue weighted by Gasteiger charge is -2.08. The molecule has 4 nitrogen and oxygen atoms in total. The Labute approximate surface area is 179 Å². The van der Waals surface area contributed by atoms with Gasteiger partial charge in [-0.1, -0.05) is 54.6 Å². The quantitative estimate of drug-likeness (QED) is 0.347. The average molecular weight is 401 g/mol. The molecule has 2 aromatic heterocycles. The predicted octanol–water partition coefficient (Wildman–Crippen LogP) is 6.97. The van der Waals surface area contributed by atoms with Crippen LogP contribution in [0.2, 0.25) is 0 Å². The van der Waals surface area contributed by atoms with Gasteiger partial charge in [0.1, 0.15) is 11.5 Å². The van der Waals surface area contributed by atoms with Crippen LogP contribution in [0.25, 0.3) is 38.6 Å². The number of benzene rings is 4. The second kappa shape index (κ2) is 7.18. The molecule has 0 saturated heterocycles. The van der Waals surface area contributed by atoms with Gasteiger partial charge < -0.3 is 9.72 Å². The van der Waals surface area contributed by atoms with Crippen molar-refractivity contribution in [1.82, 2.24) is 14.8 Å². The first-order chi connectivity index (χ1) is 15.3. The molecule has 0 amide bonds. The molecular formula is C27H19N3O. The van der Waals surface area contributed by atoms with Crippen molar-refractivity contribution in [1.29, 1.82) is 0 Å². The summed E-state index contributed by atoms with van der Waals surface area (Å²) in [7, 11) is 0. The molecule has 4 heteroatoms. The summed E-state index contributed by atoms with van der Waals surface area (Å²) >= 11 is 0. The Morgan fingerprint density at radius 1 is 0.645 bits per heavy atom. The average Bonchev–Trinajstić information content (AvgIpc) is 3.45.